The molecule has 4 rings (SSSR count). The monoisotopic (exact) mass is 419 g/mol. The van der Waals surface area contributed by atoms with Crippen molar-refractivity contribution in [3.8, 4) is 16.9 Å². The molecule has 0 saturated carbocycles. The van der Waals surface area contributed by atoms with Crippen LogP contribution in [0.15, 0.2) is 72.1 Å². The lowest BCUT2D eigenvalue weighted by molar-refractivity contribution is 0.0515. The van der Waals surface area contributed by atoms with Gasteiger partial charge in [-0.05, 0) is 66.8 Å². The zero-order valence-corrected chi connectivity index (χ0v) is 17.7. The molecule has 2 aromatic carbocycles. The molecule has 0 amide bonds. The van der Waals surface area contributed by atoms with E-state index in [2.05, 4.69) is 41.8 Å². The van der Waals surface area contributed by atoms with Crippen LogP contribution < -0.4 is 0 Å². The number of halogens is 1. The Morgan fingerprint density at radius 2 is 1.77 bits per heavy atom. The topological polar surface area (TPSA) is 31.2 Å². The Kier molecular flexibility index (Phi) is 5.81. The van der Waals surface area contributed by atoms with Crippen molar-refractivity contribution in [2.24, 2.45) is 0 Å². The van der Waals surface area contributed by atoms with Crippen molar-refractivity contribution < 1.29 is 13.9 Å². The molecule has 4 aromatic rings. The normalized spacial score (nSPS) is 10.9. The number of esters is 1. The van der Waals surface area contributed by atoms with Gasteiger partial charge < -0.3 is 9.30 Å². The summed E-state index contributed by atoms with van der Waals surface area (Å²) in [4.78, 5) is 12.7. The smallest absolute Gasteiger partial charge is 0.348 e. The summed E-state index contributed by atoms with van der Waals surface area (Å²) in [5, 5.41) is 1.86. The fourth-order valence-corrected chi connectivity index (χ4v) is 4.11. The predicted octanol–water partition coefficient (Wildman–Crippen LogP) is 6.36. The number of benzene rings is 2. The first-order chi connectivity index (χ1) is 14.5. The molecule has 5 heteroatoms. The Hall–Kier alpha value is -3.18. The van der Waals surface area contributed by atoms with Crippen LogP contribution in [0.4, 0.5) is 4.39 Å². The van der Waals surface area contributed by atoms with E-state index in [0.29, 0.717) is 17.9 Å². The lowest BCUT2D eigenvalue weighted by Crippen LogP contribution is -2.07. The van der Waals surface area contributed by atoms with Gasteiger partial charge in [-0.1, -0.05) is 35.9 Å². The van der Waals surface area contributed by atoms with Gasteiger partial charge >= 0.3 is 5.97 Å². The van der Waals surface area contributed by atoms with Crippen LogP contribution in [-0.4, -0.2) is 17.1 Å². The highest BCUT2D eigenvalue weighted by Gasteiger charge is 2.16. The van der Waals surface area contributed by atoms with Gasteiger partial charge in [-0.3, -0.25) is 0 Å². The highest BCUT2D eigenvalue weighted by atomic mass is 32.1. The third-order valence-corrected chi connectivity index (χ3v) is 5.96. The molecule has 0 aliphatic carbocycles. The minimum Gasteiger partial charge on any atom is -0.461 e. The Morgan fingerprint density at radius 3 is 2.43 bits per heavy atom. The predicted molar refractivity (Wildman–Crippen MR) is 119 cm³/mol. The molecule has 0 saturated heterocycles. The van der Waals surface area contributed by atoms with Gasteiger partial charge in [0.1, 0.15) is 10.7 Å². The van der Waals surface area contributed by atoms with Crippen LogP contribution in [0, 0.1) is 19.7 Å². The quantitative estimate of drug-likeness (QED) is 0.341. The molecular formula is C25H22FNO2S. The third kappa shape index (κ3) is 4.21. The van der Waals surface area contributed by atoms with E-state index in [1.807, 2.05) is 18.4 Å². The van der Waals surface area contributed by atoms with Crippen molar-refractivity contribution in [3.63, 3.8) is 0 Å². The van der Waals surface area contributed by atoms with Crippen LogP contribution in [0.25, 0.3) is 16.9 Å². The van der Waals surface area contributed by atoms with Crippen LogP contribution >= 0.6 is 11.3 Å². The average Bonchev–Trinajstić information content (AvgIpc) is 3.38. The number of hydrogen-bond donors (Lipinski definition) is 0. The first-order valence-corrected chi connectivity index (χ1v) is 10.7. The van der Waals surface area contributed by atoms with E-state index in [-0.39, 0.29) is 11.8 Å². The first-order valence-electron chi connectivity index (χ1n) is 9.78. The molecule has 2 heterocycles. The van der Waals surface area contributed by atoms with Crippen molar-refractivity contribution in [2.45, 2.75) is 20.3 Å². The van der Waals surface area contributed by atoms with Crippen molar-refractivity contribution in [1.82, 2.24) is 4.57 Å². The van der Waals surface area contributed by atoms with Crippen molar-refractivity contribution in [2.75, 3.05) is 6.61 Å². The molecule has 0 spiro atoms. The summed E-state index contributed by atoms with van der Waals surface area (Å²) < 4.78 is 21.1. The first kappa shape index (κ1) is 20.1. The molecule has 2 aromatic heterocycles. The molecular weight excluding hydrogens is 397 g/mol. The summed E-state index contributed by atoms with van der Waals surface area (Å²) in [6.45, 7) is 4.40. The van der Waals surface area contributed by atoms with Crippen molar-refractivity contribution in [1.29, 1.82) is 0 Å². The van der Waals surface area contributed by atoms with Gasteiger partial charge in [-0.25, -0.2) is 9.18 Å². The number of hydrogen-bond acceptors (Lipinski definition) is 3. The van der Waals surface area contributed by atoms with Gasteiger partial charge in [0.2, 0.25) is 0 Å². The summed E-state index contributed by atoms with van der Waals surface area (Å²) in [6, 6.07) is 20.6. The minimum atomic E-state index is -0.292. The fourth-order valence-electron chi connectivity index (χ4n) is 3.49. The van der Waals surface area contributed by atoms with E-state index < -0.39 is 0 Å². The summed E-state index contributed by atoms with van der Waals surface area (Å²) >= 11 is 1.37. The number of ether oxygens (including phenoxy) is 1. The number of thiophene rings is 1. The molecule has 0 atom stereocenters. The second-order valence-corrected chi connectivity index (χ2v) is 8.13. The molecule has 0 unspecified atom stereocenters. The second-order valence-electron chi connectivity index (χ2n) is 7.18. The van der Waals surface area contributed by atoms with Crippen molar-refractivity contribution in [3.05, 3.63) is 99.6 Å². The largest absolute Gasteiger partial charge is 0.461 e. The molecule has 0 radical (unpaired) electrons. The van der Waals surface area contributed by atoms with Gasteiger partial charge in [-0.15, -0.1) is 11.3 Å². The molecule has 0 N–H and O–H groups in total. The summed E-state index contributed by atoms with van der Waals surface area (Å²) in [7, 11) is 0. The number of aryl methyl sites for hydroxylation is 1. The lowest BCUT2D eigenvalue weighted by Gasteiger charge is -2.13. The Labute approximate surface area is 179 Å². The van der Waals surface area contributed by atoms with E-state index in [0.717, 1.165) is 28.2 Å². The summed E-state index contributed by atoms with van der Waals surface area (Å²) in [6.07, 6.45) is 0.607. The molecule has 0 aliphatic rings. The van der Waals surface area contributed by atoms with Crippen molar-refractivity contribution >= 4 is 17.3 Å². The maximum absolute atomic E-state index is 13.5. The summed E-state index contributed by atoms with van der Waals surface area (Å²) in [5.41, 5.74) is 6.33. The van der Waals surface area contributed by atoms with Gasteiger partial charge in [0.15, 0.2) is 0 Å². The molecule has 0 bridgehead atoms. The molecule has 3 nitrogen and oxygen atoms in total. The number of carbonyl (C=O) groups is 1. The van der Waals surface area contributed by atoms with E-state index in [4.69, 9.17) is 4.74 Å². The lowest BCUT2D eigenvalue weighted by atomic mass is 10.1. The Morgan fingerprint density at radius 1 is 1.03 bits per heavy atom. The highest BCUT2D eigenvalue weighted by molar-refractivity contribution is 7.11. The van der Waals surface area contributed by atoms with E-state index in [9.17, 15) is 9.18 Å². The minimum absolute atomic E-state index is 0.263. The van der Waals surface area contributed by atoms with Crippen LogP contribution in [0.2, 0.25) is 0 Å². The van der Waals surface area contributed by atoms with E-state index >= 15 is 0 Å². The van der Waals surface area contributed by atoms with Crippen LogP contribution in [-0.2, 0) is 11.2 Å². The third-order valence-electron chi connectivity index (χ3n) is 5.11. The molecule has 30 heavy (non-hydrogen) atoms. The number of aromatic nitrogens is 1. The summed E-state index contributed by atoms with van der Waals surface area (Å²) in [5.74, 6) is -0.555. The van der Waals surface area contributed by atoms with E-state index in [1.54, 1.807) is 18.2 Å². The number of nitrogens with zero attached hydrogens (tertiary/aromatic N) is 1. The van der Waals surface area contributed by atoms with Gasteiger partial charge in [0, 0.05) is 17.8 Å². The Balaban J connectivity index is 1.64. The highest BCUT2D eigenvalue weighted by Crippen LogP contribution is 2.30. The van der Waals surface area contributed by atoms with Gasteiger partial charge in [0.25, 0.3) is 0 Å². The molecule has 0 aliphatic heterocycles. The standard InChI is InChI=1S/C25H22FNO2S/c1-17-5-7-19(8-6-17)23-16-20(13-14-29-25(28)24-4-3-15-30-24)18(2)27(23)22-11-9-21(26)10-12-22/h3-12,15-16H,13-14H2,1-2H3. The average molecular weight is 420 g/mol. The Bertz CT molecular complexity index is 1140. The molecule has 152 valence electrons. The molecule has 0 fully saturated rings. The zero-order valence-electron chi connectivity index (χ0n) is 16.9. The fraction of sp³-hybridized carbons (Fsp3) is 0.160. The maximum Gasteiger partial charge on any atom is 0.348 e. The van der Waals surface area contributed by atoms with Gasteiger partial charge in [0.05, 0.1) is 12.3 Å². The number of rotatable bonds is 6. The number of carbonyl (C=O) groups excluding carboxylic acids is 1. The maximum atomic E-state index is 13.5. The van der Waals surface area contributed by atoms with Crippen LogP contribution in [0.3, 0.4) is 0 Å². The zero-order chi connectivity index (χ0) is 21.1. The van der Waals surface area contributed by atoms with Crippen LogP contribution in [0.1, 0.15) is 26.5 Å². The van der Waals surface area contributed by atoms with E-state index in [1.165, 1.54) is 29.0 Å². The SMILES string of the molecule is Cc1ccc(-c2cc(CCOC(=O)c3cccs3)c(C)n2-c2ccc(F)cc2)cc1. The van der Waals surface area contributed by atoms with Gasteiger partial charge in [-0.2, -0.15) is 0 Å². The second kappa shape index (κ2) is 8.67. The van der Waals surface area contributed by atoms with Crippen LogP contribution in [0.5, 0.6) is 0 Å².